The zero-order chi connectivity index (χ0) is 19.3. The van der Waals surface area contributed by atoms with Gasteiger partial charge in [0, 0.05) is 18.2 Å². The van der Waals surface area contributed by atoms with E-state index in [2.05, 4.69) is 41.4 Å². The number of nitrogens with zero attached hydrogens (tertiary/aromatic N) is 2. The van der Waals surface area contributed by atoms with Crippen LogP contribution < -0.4 is 5.32 Å². The molecular formula is C20H25N3O3. The summed E-state index contributed by atoms with van der Waals surface area (Å²) in [6, 6.07) is 13.0. The molecule has 0 aliphatic rings. The summed E-state index contributed by atoms with van der Waals surface area (Å²) in [7, 11) is 3.96. The second-order valence-corrected chi connectivity index (χ2v) is 6.50. The molecule has 0 aliphatic carbocycles. The summed E-state index contributed by atoms with van der Waals surface area (Å²) in [5, 5.41) is 14.5. The Bertz CT molecular complexity index is 785. The van der Waals surface area contributed by atoms with Gasteiger partial charge < -0.3 is 10.2 Å². The molecule has 0 spiro atoms. The summed E-state index contributed by atoms with van der Waals surface area (Å²) < 4.78 is 0. The standard InChI is InChI=1S/C20H25N3O3/c1-5-15-6-8-16(9-7-15)20(22(3)4)13-21-18-11-10-17(14(2)24)12-19(18)23(25)26/h6-12,20-21H,5,13H2,1-4H3/t20-/m0/s1. The van der Waals surface area contributed by atoms with Crippen LogP contribution in [0.1, 0.15) is 41.4 Å². The summed E-state index contributed by atoms with van der Waals surface area (Å²) in [5.74, 6) is -0.193. The Labute approximate surface area is 154 Å². The summed E-state index contributed by atoms with van der Waals surface area (Å²) in [4.78, 5) is 24.4. The van der Waals surface area contributed by atoms with E-state index >= 15 is 0 Å². The minimum Gasteiger partial charge on any atom is -0.378 e. The molecule has 0 saturated heterocycles. The molecule has 26 heavy (non-hydrogen) atoms. The first kappa shape index (κ1) is 19.6. The van der Waals surface area contributed by atoms with Gasteiger partial charge in [-0.3, -0.25) is 14.9 Å². The minimum absolute atomic E-state index is 0.0630. The third-order valence-electron chi connectivity index (χ3n) is 4.48. The van der Waals surface area contributed by atoms with Crippen molar-refractivity contribution in [2.75, 3.05) is 26.0 Å². The number of nitro groups is 1. The monoisotopic (exact) mass is 355 g/mol. The van der Waals surface area contributed by atoms with Crippen LogP contribution in [0.3, 0.4) is 0 Å². The lowest BCUT2D eigenvalue weighted by molar-refractivity contribution is -0.384. The third-order valence-corrected chi connectivity index (χ3v) is 4.48. The summed E-state index contributed by atoms with van der Waals surface area (Å²) in [6.07, 6.45) is 0.986. The molecule has 6 nitrogen and oxygen atoms in total. The highest BCUT2D eigenvalue weighted by Crippen LogP contribution is 2.27. The number of likely N-dealkylation sites (N-methyl/N-ethyl adjacent to an activating group) is 1. The Morgan fingerprint density at radius 3 is 2.35 bits per heavy atom. The van der Waals surface area contributed by atoms with Gasteiger partial charge in [0.2, 0.25) is 0 Å². The van der Waals surface area contributed by atoms with Crippen molar-refractivity contribution in [2.45, 2.75) is 26.3 Å². The third kappa shape index (κ3) is 4.67. The molecule has 0 bridgehead atoms. The van der Waals surface area contributed by atoms with E-state index in [0.29, 0.717) is 17.8 Å². The highest BCUT2D eigenvalue weighted by molar-refractivity contribution is 5.95. The average Bonchev–Trinajstić information content (AvgIpc) is 2.62. The number of Topliss-reactive ketones (excluding diaryl/α,β-unsaturated/α-hetero) is 1. The molecule has 0 fully saturated rings. The lowest BCUT2D eigenvalue weighted by Gasteiger charge is -2.25. The van der Waals surface area contributed by atoms with Crippen LogP contribution in [0.2, 0.25) is 0 Å². The normalized spacial score (nSPS) is 12.0. The lowest BCUT2D eigenvalue weighted by atomic mass is 10.0. The van der Waals surface area contributed by atoms with Gasteiger partial charge in [0.25, 0.3) is 5.69 Å². The van der Waals surface area contributed by atoms with Crippen LogP contribution in [0.5, 0.6) is 0 Å². The van der Waals surface area contributed by atoms with Crippen LogP contribution in [0.15, 0.2) is 42.5 Å². The quantitative estimate of drug-likeness (QED) is 0.439. The van der Waals surface area contributed by atoms with E-state index < -0.39 is 4.92 Å². The number of nitro benzene ring substituents is 1. The first-order valence-corrected chi connectivity index (χ1v) is 8.62. The number of carbonyl (C=O) groups excluding carboxylic acids is 1. The Kier molecular flexibility index (Phi) is 6.46. The van der Waals surface area contributed by atoms with Gasteiger partial charge in [-0.05, 0) is 50.7 Å². The van der Waals surface area contributed by atoms with E-state index in [1.54, 1.807) is 12.1 Å². The molecule has 0 radical (unpaired) electrons. The number of hydrogen-bond donors (Lipinski definition) is 1. The average molecular weight is 355 g/mol. The van der Waals surface area contributed by atoms with E-state index in [-0.39, 0.29) is 17.5 Å². The molecule has 0 unspecified atom stereocenters. The van der Waals surface area contributed by atoms with E-state index in [1.165, 1.54) is 18.6 Å². The van der Waals surface area contributed by atoms with Crippen LogP contribution in [0.4, 0.5) is 11.4 Å². The molecule has 1 atom stereocenters. The van der Waals surface area contributed by atoms with Crippen LogP contribution in [-0.2, 0) is 6.42 Å². The van der Waals surface area contributed by atoms with Crippen molar-refractivity contribution in [1.82, 2.24) is 4.90 Å². The predicted octanol–water partition coefficient (Wildman–Crippen LogP) is 4.07. The molecule has 1 N–H and O–H groups in total. The second-order valence-electron chi connectivity index (χ2n) is 6.50. The zero-order valence-electron chi connectivity index (χ0n) is 15.7. The Morgan fingerprint density at radius 1 is 1.19 bits per heavy atom. The maximum absolute atomic E-state index is 11.5. The number of ketones is 1. The van der Waals surface area contributed by atoms with Gasteiger partial charge in [0.15, 0.2) is 5.78 Å². The predicted molar refractivity (Wildman–Crippen MR) is 104 cm³/mol. The number of nitrogens with one attached hydrogen (secondary N) is 1. The summed E-state index contributed by atoms with van der Waals surface area (Å²) in [5.41, 5.74) is 3.08. The molecule has 138 valence electrons. The topological polar surface area (TPSA) is 75.5 Å². The van der Waals surface area contributed by atoms with Gasteiger partial charge in [-0.25, -0.2) is 0 Å². The Hall–Kier alpha value is -2.73. The van der Waals surface area contributed by atoms with Crippen molar-refractivity contribution in [3.8, 4) is 0 Å². The fourth-order valence-corrected chi connectivity index (χ4v) is 2.83. The van der Waals surface area contributed by atoms with Crippen molar-refractivity contribution in [2.24, 2.45) is 0 Å². The number of aryl methyl sites for hydroxylation is 1. The summed E-state index contributed by atoms with van der Waals surface area (Å²) >= 11 is 0. The zero-order valence-corrected chi connectivity index (χ0v) is 15.7. The number of anilines is 1. The van der Waals surface area contributed by atoms with Crippen LogP contribution in [-0.4, -0.2) is 36.2 Å². The highest BCUT2D eigenvalue weighted by Gasteiger charge is 2.19. The molecule has 0 aromatic heterocycles. The van der Waals surface area contributed by atoms with E-state index in [1.807, 2.05) is 14.1 Å². The largest absolute Gasteiger partial charge is 0.378 e. The van der Waals surface area contributed by atoms with Gasteiger partial charge in [0.1, 0.15) is 5.69 Å². The maximum atomic E-state index is 11.5. The summed E-state index contributed by atoms with van der Waals surface area (Å²) in [6.45, 7) is 4.02. The Balaban J connectivity index is 2.23. The van der Waals surface area contributed by atoms with Gasteiger partial charge in [-0.2, -0.15) is 0 Å². The molecule has 2 aromatic rings. The van der Waals surface area contributed by atoms with Gasteiger partial charge in [-0.15, -0.1) is 0 Å². The molecular weight excluding hydrogens is 330 g/mol. The van der Waals surface area contributed by atoms with E-state index in [0.717, 1.165) is 12.0 Å². The maximum Gasteiger partial charge on any atom is 0.293 e. The van der Waals surface area contributed by atoms with Crippen molar-refractivity contribution >= 4 is 17.2 Å². The smallest absolute Gasteiger partial charge is 0.293 e. The van der Waals surface area contributed by atoms with Crippen molar-refractivity contribution in [1.29, 1.82) is 0 Å². The number of benzene rings is 2. The first-order chi connectivity index (χ1) is 12.3. The Morgan fingerprint density at radius 2 is 1.85 bits per heavy atom. The molecule has 0 saturated carbocycles. The highest BCUT2D eigenvalue weighted by atomic mass is 16.6. The van der Waals surface area contributed by atoms with Crippen molar-refractivity contribution < 1.29 is 9.72 Å². The molecule has 2 aromatic carbocycles. The second kappa shape index (κ2) is 8.58. The van der Waals surface area contributed by atoms with E-state index in [9.17, 15) is 14.9 Å². The van der Waals surface area contributed by atoms with Gasteiger partial charge >= 0.3 is 0 Å². The van der Waals surface area contributed by atoms with E-state index in [4.69, 9.17) is 0 Å². The molecule has 0 aliphatic heterocycles. The fourth-order valence-electron chi connectivity index (χ4n) is 2.83. The fraction of sp³-hybridized carbons (Fsp3) is 0.350. The molecule has 6 heteroatoms. The minimum atomic E-state index is -0.463. The molecule has 0 amide bonds. The number of carbonyl (C=O) groups is 1. The van der Waals surface area contributed by atoms with Crippen LogP contribution in [0.25, 0.3) is 0 Å². The van der Waals surface area contributed by atoms with Crippen molar-refractivity contribution in [3.05, 3.63) is 69.3 Å². The number of rotatable bonds is 8. The number of hydrogen-bond acceptors (Lipinski definition) is 5. The van der Waals surface area contributed by atoms with Crippen molar-refractivity contribution in [3.63, 3.8) is 0 Å². The first-order valence-electron chi connectivity index (χ1n) is 8.62. The molecule has 2 rings (SSSR count). The SMILES string of the molecule is CCc1ccc([C@H](CNc2ccc(C(C)=O)cc2[N+](=O)[O-])N(C)C)cc1. The van der Waals surface area contributed by atoms with Crippen LogP contribution >= 0.6 is 0 Å². The van der Waals surface area contributed by atoms with Gasteiger partial charge in [-0.1, -0.05) is 31.2 Å². The lowest BCUT2D eigenvalue weighted by Crippen LogP contribution is -2.27. The van der Waals surface area contributed by atoms with Crippen LogP contribution in [0, 0.1) is 10.1 Å². The van der Waals surface area contributed by atoms with Gasteiger partial charge in [0.05, 0.1) is 11.0 Å². The molecule has 0 heterocycles.